The van der Waals surface area contributed by atoms with Crippen LogP contribution in [0.3, 0.4) is 0 Å². The van der Waals surface area contributed by atoms with Gasteiger partial charge >= 0.3 is 0 Å². The summed E-state index contributed by atoms with van der Waals surface area (Å²) in [5.41, 5.74) is -0.153. The molecule has 0 fully saturated rings. The van der Waals surface area contributed by atoms with Gasteiger partial charge in [-0.3, -0.25) is 4.79 Å². The SMILES string of the molecule is CCCCC(O)COc1nn(C)c(=O)c2ccccc12. The van der Waals surface area contributed by atoms with Crippen molar-refractivity contribution in [1.82, 2.24) is 9.78 Å². The van der Waals surface area contributed by atoms with Crippen LogP contribution in [0.2, 0.25) is 0 Å². The molecule has 0 aliphatic rings. The Labute approximate surface area is 117 Å². The lowest BCUT2D eigenvalue weighted by Crippen LogP contribution is -2.23. The lowest BCUT2D eigenvalue weighted by molar-refractivity contribution is 0.0955. The lowest BCUT2D eigenvalue weighted by atomic mass is 10.2. The molecule has 5 heteroatoms. The van der Waals surface area contributed by atoms with Crippen molar-refractivity contribution >= 4 is 10.8 Å². The quantitative estimate of drug-likeness (QED) is 0.874. The van der Waals surface area contributed by atoms with Gasteiger partial charge in [0.05, 0.1) is 16.9 Å². The van der Waals surface area contributed by atoms with Crippen LogP contribution < -0.4 is 10.3 Å². The largest absolute Gasteiger partial charge is 0.473 e. The summed E-state index contributed by atoms with van der Waals surface area (Å²) >= 11 is 0. The smallest absolute Gasteiger partial charge is 0.274 e. The standard InChI is InChI=1S/C15H20N2O3/c1-3-4-7-11(18)10-20-14-12-8-5-6-9-13(12)15(19)17(2)16-14/h5-6,8-9,11,18H,3-4,7,10H2,1-2H3. The second kappa shape index (κ2) is 6.52. The van der Waals surface area contributed by atoms with E-state index in [0.29, 0.717) is 23.1 Å². The first kappa shape index (κ1) is 14.5. The number of hydrogen-bond acceptors (Lipinski definition) is 4. The number of ether oxygens (including phenoxy) is 1. The number of unbranched alkanes of at least 4 members (excludes halogenated alkanes) is 1. The summed E-state index contributed by atoms with van der Waals surface area (Å²) in [6.45, 7) is 2.27. The molecule has 1 atom stereocenters. The maximum atomic E-state index is 12.0. The Hall–Kier alpha value is -1.88. The average Bonchev–Trinajstić information content (AvgIpc) is 2.47. The lowest BCUT2D eigenvalue weighted by Gasteiger charge is -2.13. The number of aliphatic hydroxyl groups is 1. The number of fused-ring (bicyclic) bond motifs is 1. The summed E-state index contributed by atoms with van der Waals surface area (Å²) in [6, 6.07) is 7.20. The molecule has 0 aliphatic heterocycles. The van der Waals surface area contributed by atoms with E-state index in [4.69, 9.17) is 4.74 Å². The summed E-state index contributed by atoms with van der Waals surface area (Å²) in [5.74, 6) is 0.387. The Morgan fingerprint density at radius 1 is 1.35 bits per heavy atom. The first-order valence-electron chi connectivity index (χ1n) is 6.90. The summed E-state index contributed by atoms with van der Waals surface area (Å²) in [7, 11) is 1.59. The number of rotatable bonds is 6. The Bertz CT molecular complexity index is 637. The van der Waals surface area contributed by atoms with Gasteiger partial charge in [0.15, 0.2) is 0 Å². The van der Waals surface area contributed by atoms with Gasteiger partial charge in [0.1, 0.15) is 6.61 Å². The molecule has 0 bridgehead atoms. The molecule has 2 rings (SSSR count). The number of aryl methyl sites for hydroxylation is 1. The number of hydrogen-bond donors (Lipinski definition) is 1. The summed E-state index contributed by atoms with van der Waals surface area (Å²) in [4.78, 5) is 12.0. The molecule has 0 radical (unpaired) electrons. The van der Waals surface area contributed by atoms with Crippen molar-refractivity contribution in [2.75, 3.05) is 6.61 Å². The van der Waals surface area contributed by atoms with Crippen LogP contribution in [0.15, 0.2) is 29.1 Å². The summed E-state index contributed by atoms with van der Waals surface area (Å²) < 4.78 is 6.85. The van der Waals surface area contributed by atoms with Gasteiger partial charge in [0, 0.05) is 7.05 Å². The van der Waals surface area contributed by atoms with Crippen molar-refractivity contribution in [1.29, 1.82) is 0 Å². The second-order valence-electron chi connectivity index (χ2n) is 4.89. The highest BCUT2D eigenvalue weighted by Crippen LogP contribution is 2.20. The zero-order chi connectivity index (χ0) is 14.5. The van der Waals surface area contributed by atoms with Crippen LogP contribution in [-0.4, -0.2) is 27.6 Å². The van der Waals surface area contributed by atoms with Gasteiger partial charge in [-0.05, 0) is 18.6 Å². The third-order valence-corrected chi connectivity index (χ3v) is 3.23. The molecule has 0 spiro atoms. The number of aromatic nitrogens is 2. The Morgan fingerprint density at radius 3 is 2.75 bits per heavy atom. The van der Waals surface area contributed by atoms with Crippen LogP contribution in [0.5, 0.6) is 5.88 Å². The molecular formula is C15H20N2O3. The van der Waals surface area contributed by atoms with E-state index in [2.05, 4.69) is 12.0 Å². The molecule has 1 aromatic carbocycles. The molecule has 2 aromatic rings. The van der Waals surface area contributed by atoms with Crippen molar-refractivity contribution in [3.05, 3.63) is 34.6 Å². The number of benzene rings is 1. The monoisotopic (exact) mass is 276 g/mol. The van der Waals surface area contributed by atoms with Gasteiger partial charge in [0.25, 0.3) is 5.56 Å². The van der Waals surface area contributed by atoms with Crippen LogP contribution in [0, 0.1) is 0 Å². The minimum atomic E-state index is -0.507. The molecule has 1 N–H and O–H groups in total. The molecule has 1 unspecified atom stereocenters. The maximum Gasteiger partial charge on any atom is 0.274 e. The molecular weight excluding hydrogens is 256 g/mol. The van der Waals surface area contributed by atoms with E-state index in [9.17, 15) is 9.90 Å². The number of aliphatic hydroxyl groups excluding tert-OH is 1. The van der Waals surface area contributed by atoms with E-state index in [-0.39, 0.29) is 12.2 Å². The van der Waals surface area contributed by atoms with E-state index >= 15 is 0 Å². The topological polar surface area (TPSA) is 64.3 Å². The van der Waals surface area contributed by atoms with Crippen LogP contribution in [0.4, 0.5) is 0 Å². The van der Waals surface area contributed by atoms with Crippen molar-refractivity contribution in [2.45, 2.75) is 32.3 Å². The van der Waals surface area contributed by atoms with Crippen molar-refractivity contribution in [2.24, 2.45) is 7.05 Å². The van der Waals surface area contributed by atoms with Crippen molar-refractivity contribution in [3.63, 3.8) is 0 Å². The molecule has 1 aromatic heterocycles. The first-order chi connectivity index (χ1) is 9.63. The van der Waals surface area contributed by atoms with Gasteiger partial charge in [-0.25, -0.2) is 4.68 Å². The van der Waals surface area contributed by atoms with E-state index in [0.717, 1.165) is 12.8 Å². The Kier molecular flexibility index (Phi) is 4.74. The van der Waals surface area contributed by atoms with Gasteiger partial charge in [-0.2, -0.15) is 0 Å². The summed E-state index contributed by atoms with van der Waals surface area (Å²) in [5, 5.41) is 15.2. The molecule has 0 saturated heterocycles. The highest BCUT2D eigenvalue weighted by molar-refractivity contribution is 5.85. The molecule has 5 nitrogen and oxygen atoms in total. The zero-order valence-corrected chi connectivity index (χ0v) is 11.9. The number of nitrogens with zero attached hydrogens (tertiary/aromatic N) is 2. The Balaban J connectivity index is 2.22. The highest BCUT2D eigenvalue weighted by Gasteiger charge is 2.11. The minimum absolute atomic E-state index is 0.153. The second-order valence-corrected chi connectivity index (χ2v) is 4.89. The molecule has 0 amide bonds. The first-order valence-corrected chi connectivity index (χ1v) is 6.90. The maximum absolute atomic E-state index is 12.0. The van der Waals surface area contributed by atoms with Crippen molar-refractivity contribution < 1.29 is 9.84 Å². The fraction of sp³-hybridized carbons (Fsp3) is 0.467. The fourth-order valence-corrected chi connectivity index (χ4v) is 2.07. The van der Waals surface area contributed by atoms with Gasteiger partial charge in [0.2, 0.25) is 5.88 Å². The van der Waals surface area contributed by atoms with Crippen LogP contribution >= 0.6 is 0 Å². The highest BCUT2D eigenvalue weighted by atomic mass is 16.5. The fourth-order valence-electron chi connectivity index (χ4n) is 2.07. The summed E-state index contributed by atoms with van der Waals surface area (Å²) in [6.07, 6.45) is 2.21. The molecule has 1 heterocycles. The van der Waals surface area contributed by atoms with Gasteiger partial charge in [-0.15, -0.1) is 5.10 Å². The third-order valence-electron chi connectivity index (χ3n) is 3.23. The molecule has 108 valence electrons. The van der Waals surface area contributed by atoms with Crippen molar-refractivity contribution in [3.8, 4) is 5.88 Å². The van der Waals surface area contributed by atoms with E-state index in [1.165, 1.54) is 4.68 Å². The van der Waals surface area contributed by atoms with E-state index in [1.54, 1.807) is 19.2 Å². The molecule has 0 aliphatic carbocycles. The Morgan fingerprint density at radius 2 is 2.05 bits per heavy atom. The van der Waals surface area contributed by atoms with Gasteiger partial charge < -0.3 is 9.84 Å². The molecule has 20 heavy (non-hydrogen) atoms. The van der Waals surface area contributed by atoms with Crippen LogP contribution in [0.1, 0.15) is 26.2 Å². The van der Waals surface area contributed by atoms with E-state index < -0.39 is 6.10 Å². The predicted octanol–water partition coefficient (Wildman–Crippen LogP) is 1.86. The van der Waals surface area contributed by atoms with Crippen LogP contribution in [-0.2, 0) is 7.05 Å². The third kappa shape index (κ3) is 3.17. The predicted molar refractivity (Wildman–Crippen MR) is 78.0 cm³/mol. The van der Waals surface area contributed by atoms with Gasteiger partial charge in [-0.1, -0.05) is 31.9 Å². The normalized spacial score (nSPS) is 12.6. The minimum Gasteiger partial charge on any atom is -0.473 e. The van der Waals surface area contributed by atoms with E-state index in [1.807, 2.05) is 12.1 Å². The average molecular weight is 276 g/mol. The molecule has 0 saturated carbocycles. The zero-order valence-electron chi connectivity index (χ0n) is 11.9. The van der Waals surface area contributed by atoms with Crippen LogP contribution in [0.25, 0.3) is 10.8 Å².